The standard InChI is InChI=1S/C16H23N3O4S/c1-12-3-5-17-7-14(12)15(21)18-6-4-13-8-19(24(2,22)23)10-16(13,9-18)11-20/h3,5,7,13,20H,4,6,8-11H2,1-2H3/t13-,16+/m0/s1. The lowest BCUT2D eigenvalue weighted by Crippen LogP contribution is -2.52. The molecule has 0 unspecified atom stereocenters. The summed E-state index contributed by atoms with van der Waals surface area (Å²) in [5.41, 5.74) is 0.842. The Balaban J connectivity index is 1.84. The fourth-order valence-electron chi connectivity index (χ4n) is 3.85. The number of fused-ring (bicyclic) bond motifs is 1. The second kappa shape index (κ2) is 6.09. The van der Waals surface area contributed by atoms with Crippen LogP contribution in [0.3, 0.4) is 0 Å². The lowest BCUT2D eigenvalue weighted by molar-refractivity contribution is 0.0129. The highest BCUT2D eigenvalue weighted by Gasteiger charge is 2.52. The van der Waals surface area contributed by atoms with E-state index in [1.165, 1.54) is 10.6 Å². The van der Waals surface area contributed by atoms with Gasteiger partial charge in [0.25, 0.3) is 5.91 Å². The zero-order valence-corrected chi connectivity index (χ0v) is 14.8. The van der Waals surface area contributed by atoms with Crippen molar-refractivity contribution in [1.82, 2.24) is 14.2 Å². The minimum absolute atomic E-state index is 0.0799. The highest BCUT2D eigenvalue weighted by molar-refractivity contribution is 7.88. The Morgan fingerprint density at radius 3 is 2.83 bits per heavy atom. The van der Waals surface area contributed by atoms with Crippen LogP contribution in [0.1, 0.15) is 22.3 Å². The summed E-state index contributed by atoms with van der Waals surface area (Å²) in [6.45, 7) is 3.37. The molecule has 2 aliphatic rings. The molecule has 24 heavy (non-hydrogen) atoms. The third-order valence-electron chi connectivity index (χ3n) is 5.38. The molecule has 3 rings (SSSR count). The van der Waals surface area contributed by atoms with Gasteiger partial charge in [-0.05, 0) is 30.9 Å². The van der Waals surface area contributed by atoms with Gasteiger partial charge in [-0.2, -0.15) is 0 Å². The van der Waals surface area contributed by atoms with Gasteiger partial charge in [0.15, 0.2) is 0 Å². The van der Waals surface area contributed by atoms with E-state index in [9.17, 15) is 18.3 Å². The van der Waals surface area contributed by atoms with Crippen LogP contribution in [0.5, 0.6) is 0 Å². The first-order valence-corrected chi connectivity index (χ1v) is 9.87. The van der Waals surface area contributed by atoms with E-state index in [0.717, 1.165) is 5.56 Å². The van der Waals surface area contributed by atoms with Gasteiger partial charge in [0.2, 0.25) is 10.0 Å². The number of hydrogen-bond acceptors (Lipinski definition) is 5. The minimum atomic E-state index is -3.30. The van der Waals surface area contributed by atoms with Gasteiger partial charge in [-0.1, -0.05) is 0 Å². The van der Waals surface area contributed by atoms with E-state index in [1.54, 1.807) is 23.4 Å². The highest BCUT2D eigenvalue weighted by atomic mass is 32.2. The Labute approximate surface area is 142 Å². The number of likely N-dealkylation sites (tertiary alicyclic amines) is 1. The molecule has 3 heterocycles. The Bertz CT molecular complexity index is 751. The molecule has 0 aliphatic carbocycles. The van der Waals surface area contributed by atoms with Crippen LogP contribution in [0.2, 0.25) is 0 Å². The van der Waals surface area contributed by atoms with E-state index in [4.69, 9.17) is 0 Å². The summed E-state index contributed by atoms with van der Waals surface area (Å²) in [4.78, 5) is 18.6. The third-order valence-corrected chi connectivity index (χ3v) is 6.59. The number of carbonyl (C=O) groups excluding carboxylic acids is 1. The van der Waals surface area contributed by atoms with Gasteiger partial charge >= 0.3 is 0 Å². The number of aryl methyl sites for hydroxylation is 1. The van der Waals surface area contributed by atoms with Crippen molar-refractivity contribution in [2.75, 3.05) is 39.0 Å². The van der Waals surface area contributed by atoms with Crippen LogP contribution in [0, 0.1) is 18.3 Å². The Kier molecular flexibility index (Phi) is 4.39. The zero-order valence-electron chi connectivity index (χ0n) is 14.0. The topological polar surface area (TPSA) is 90.8 Å². The monoisotopic (exact) mass is 353 g/mol. The summed E-state index contributed by atoms with van der Waals surface area (Å²) >= 11 is 0. The minimum Gasteiger partial charge on any atom is -0.396 e. The number of carbonyl (C=O) groups is 1. The van der Waals surface area contributed by atoms with Crippen molar-refractivity contribution < 1.29 is 18.3 Å². The van der Waals surface area contributed by atoms with Gasteiger partial charge in [0.05, 0.1) is 18.4 Å². The number of sulfonamides is 1. The number of piperidine rings is 1. The average molecular weight is 353 g/mol. The number of hydrogen-bond donors (Lipinski definition) is 1. The molecule has 2 saturated heterocycles. The SMILES string of the molecule is Cc1ccncc1C(=O)N1CC[C@H]2CN(S(C)(=O)=O)C[C@@]2(CO)C1. The molecule has 0 saturated carbocycles. The molecule has 2 aliphatic heterocycles. The number of aromatic nitrogens is 1. The van der Waals surface area contributed by atoms with Crippen molar-refractivity contribution in [2.24, 2.45) is 11.3 Å². The molecule has 0 aromatic carbocycles. The van der Waals surface area contributed by atoms with E-state index in [-0.39, 0.29) is 25.0 Å². The molecule has 1 aromatic rings. The van der Waals surface area contributed by atoms with Crippen LogP contribution in [0.4, 0.5) is 0 Å². The second-order valence-corrected chi connectivity index (χ2v) is 8.96. The fourth-order valence-corrected chi connectivity index (χ4v) is 4.79. The number of aliphatic hydroxyl groups is 1. The van der Waals surface area contributed by atoms with Gasteiger partial charge < -0.3 is 10.0 Å². The number of pyridine rings is 1. The lowest BCUT2D eigenvalue weighted by atomic mass is 9.74. The molecular formula is C16H23N3O4S. The van der Waals surface area contributed by atoms with E-state index >= 15 is 0 Å². The van der Waals surface area contributed by atoms with Crippen LogP contribution in [-0.2, 0) is 10.0 Å². The maximum Gasteiger partial charge on any atom is 0.255 e. The van der Waals surface area contributed by atoms with Crippen molar-refractivity contribution >= 4 is 15.9 Å². The normalized spacial score (nSPS) is 28.0. The molecule has 132 valence electrons. The third kappa shape index (κ3) is 2.94. The first-order chi connectivity index (χ1) is 11.3. The Morgan fingerprint density at radius 2 is 2.21 bits per heavy atom. The Hall–Kier alpha value is -1.51. The number of amides is 1. The maximum atomic E-state index is 12.8. The van der Waals surface area contributed by atoms with Crippen molar-refractivity contribution in [3.8, 4) is 0 Å². The number of aliphatic hydroxyl groups excluding tert-OH is 1. The molecule has 8 heteroatoms. The van der Waals surface area contributed by atoms with E-state index < -0.39 is 15.4 Å². The van der Waals surface area contributed by atoms with E-state index in [0.29, 0.717) is 31.6 Å². The molecule has 1 amide bonds. The van der Waals surface area contributed by atoms with Crippen LogP contribution < -0.4 is 0 Å². The average Bonchev–Trinajstić information content (AvgIpc) is 2.94. The molecule has 1 N–H and O–H groups in total. The van der Waals surface area contributed by atoms with Gasteiger partial charge in [-0.25, -0.2) is 12.7 Å². The van der Waals surface area contributed by atoms with Gasteiger partial charge in [0.1, 0.15) is 0 Å². The summed E-state index contributed by atoms with van der Waals surface area (Å²) in [5.74, 6) is -0.0269. The smallest absolute Gasteiger partial charge is 0.255 e. The van der Waals surface area contributed by atoms with Crippen LogP contribution >= 0.6 is 0 Å². The van der Waals surface area contributed by atoms with Gasteiger partial charge in [0, 0.05) is 44.0 Å². The summed E-state index contributed by atoms with van der Waals surface area (Å²) < 4.78 is 25.2. The second-order valence-electron chi connectivity index (χ2n) is 6.98. The lowest BCUT2D eigenvalue weighted by Gasteiger charge is -2.43. The molecule has 0 bridgehead atoms. The summed E-state index contributed by atoms with van der Waals surface area (Å²) in [6.07, 6.45) is 5.09. The van der Waals surface area contributed by atoms with Crippen molar-refractivity contribution in [3.05, 3.63) is 29.6 Å². The molecule has 0 radical (unpaired) electrons. The largest absolute Gasteiger partial charge is 0.396 e. The molecule has 2 atom stereocenters. The number of nitrogens with zero attached hydrogens (tertiary/aromatic N) is 3. The van der Waals surface area contributed by atoms with Crippen LogP contribution in [0.15, 0.2) is 18.5 Å². The summed E-state index contributed by atoms with van der Waals surface area (Å²) in [7, 11) is -3.30. The summed E-state index contributed by atoms with van der Waals surface area (Å²) in [5, 5.41) is 9.99. The van der Waals surface area contributed by atoms with E-state index in [2.05, 4.69) is 4.98 Å². The predicted molar refractivity (Wildman–Crippen MR) is 88.9 cm³/mol. The van der Waals surface area contributed by atoms with Crippen LogP contribution in [-0.4, -0.2) is 72.7 Å². The first kappa shape index (κ1) is 17.3. The first-order valence-electron chi connectivity index (χ1n) is 8.03. The quantitative estimate of drug-likeness (QED) is 0.833. The molecule has 2 fully saturated rings. The van der Waals surface area contributed by atoms with Crippen LogP contribution in [0.25, 0.3) is 0 Å². The molecule has 7 nitrogen and oxygen atoms in total. The van der Waals surface area contributed by atoms with Gasteiger partial charge in [-0.3, -0.25) is 9.78 Å². The summed E-state index contributed by atoms with van der Waals surface area (Å²) in [6, 6.07) is 1.79. The predicted octanol–water partition coefficient (Wildman–Crippen LogP) is 0.106. The zero-order chi connectivity index (χ0) is 17.5. The van der Waals surface area contributed by atoms with Crippen molar-refractivity contribution in [3.63, 3.8) is 0 Å². The van der Waals surface area contributed by atoms with E-state index in [1.807, 2.05) is 6.92 Å². The van der Waals surface area contributed by atoms with Crippen molar-refractivity contribution in [1.29, 1.82) is 0 Å². The van der Waals surface area contributed by atoms with Crippen molar-refractivity contribution in [2.45, 2.75) is 13.3 Å². The fraction of sp³-hybridized carbons (Fsp3) is 0.625. The molecular weight excluding hydrogens is 330 g/mol. The maximum absolute atomic E-state index is 12.8. The highest BCUT2D eigenvalue weighted by Crippen LogP contribution is 2.43. The Morgan fingerprint density at radius 1 is 1.46 bits per heavy atom. The molecule has 1 aromatic heterocycles. The number of rotatable bonds is 3. The molecule has 0 spiro atoms. The van der Waals surface area contributed by atoms with Gasteiger partial charge in [-0.15, -0.1) is 0 Å².